The fourth-order valence-electron chi connectivity index (χ4n) is 0.663. The molecule has 0 radical (unpaired) electrons. The van der Waals surface area contributed by atoms with Crippen LogP contribution in [0, 0.1) is 0 Å². The van der Waals surface area contributed by atoms with Crippen LogP contribution < -0.4 is 4.74 Å². The first-order valence-electron chi connectivity index (χ1n) is 3.28. The second-order valence-corrected chi connectivity index (χ2v) is 3.25. The van der Waals surface area contributed by atoms with E-state index >= 15 is 0 Å². The molecular formula is C7H7BrClNO2. The number of hydrogen-bond acceptors (Lipinski definition) is 3. The summed E-state index contributed by atoms with van der Waals surface area (Å²) in [4.78, 5) is 3.82. The van der Waals surface area contributed by atoms with Gasteiger partial charge < -0.3 is 9.84 Å². The van der Waals surface area contributed by atoms with Crippen LogP contribution in [0.1, 0.15) is 0 Å². The van der Waals surface area contributed by atoms with Crippen molar-refractivity contribution in [2.75, 3.05) is 13.2 Å². The summed E-state index contributed by atoms with van der Waals surface area (Å²) in [5.41, 5.74) is 0. The Labute approximate surface area is 83.5 Å². The molecule has 0 aliphatic rings. The molecule has 3 nitrogen and oxygen atoms in total. The summed E-state index contributed by atoms with van der Waals surface area (Å²) in [5, 5.41) is 8.87. The molecule has 0 unspecified atom stereocenters. The van der Waals surface area contributed by atoms with Crippen molar-refractivity contribution in [3.63, 3.8) is 0 Å². The van der Waals surface area contributed by atoms with Crippen LogP contribution in [0.15, 0.2) is 16.7 Å². The quantitative estimate of drug-likeness (QED) is 0.835. The van der Waals surface area contributed by atoms with E-state index in [1.165, 1.54) is 0 Å². The molecule has 66 valence electrons. The molecule has 1 aromatic heterocycles. The smallest absolute Gasteiger partial charge is 0.138 e. The van der Waals surface area contributed by atoms with E-state index in [9.17, 15) is 0 Å². The summed E-state index contributed by atoms with van der Waals surface area (Å²) in [7, 11) is 0. The van der Waals surface area contributed by atoms with Gasteiger partial charge in [-0.25, -0.2) is 4.98 Å². The Morgan fingerprint density at radius 1 is 1.67 bits per heavy atom. The van der Waals surface area contributed by atoms with E-state index in [2.05, 4.69) is 20.9 Å². The lowest BCUT2D eigenvalue weighted by atomic mass is 10.4. The Hall–Kier alpha value is -0.320. The first-order valence-corrected chi connectivity index (χ1v) is 4.46. The molecule has 1 heterocycles. The van der Waals surface area contributed by atoms with Gasteiger partial charge in [0.15, 0.2) is 0 Å². The molecule has 0 spiro atoms. The zero-order valence-electron chi connectivity index (χ0n) is 6.13. The lowest BCUT2D eigenvalue weighted by Gasteiger charge is -2.05. The highest BCUT2D eigenvalue weighted by molar-refractivity contribution is 9.10. The third-order valence-corrected chi connectivity index (χ3v) is 1.94. The Kier molecular flexibility index (Phi) is 3.78. The fraction of sp³-hybridized carbons (Fsp3) is 0.286. The molecule has 5 heteroatoms. The van der Waals surface area contributed by atoms with E-state index in [0.717, 1.165) is 4.47 Å². The second-order valence-electron chi connectivity index (χ2n) is 2.01. The van der Waals surface area contributed by atoms with Gasteiger partial charge in [-0.1, -0.05) is 11.6 Å². The summed E-state index contributed by atoms with van der Waals surface area (Å²) in [6, 6.07) is 1.58. The minimum Gasteiger partial charge on any atom is -0.490 e. The van der Waals surface area contributed by atoms with Gasteiger partial charge in [0.1, 0.15) is 17.5 Å². The maximum absolute atomic E-state index is 8.50. The van der Waals surface area contributed by atoms with Gasteiger partial charge in [-0.3, -0.25) is 0 Å². The van der Waals surface area contributed by atoms with Crippen LogP contribution in [0.4, 0.5) is 0 Å². The van der Waals surface area contributed by atoms with Gasteiger partial charge in [-0.15, -0.1) is 0 Å². The molecule has 1 N–H and O–H groups in total. The molecule has 0 aromatic carbocycles. The van der Waals surface area contributed by atoms with Crippen molar-refractivity contribution >= 4 is 27.5 Å². The summed E-state index contributed by atoms with van der Waals surface area (Å²) >= 11 is 8.85. The number of rotatable bonds is 3. The third kappa shape index (κ3) is 2.62. The first-order chi connectivity index (χ1) is 5.74. The van der Waals surface area contributed by atoms with Crippen molar-refractivity contribution in [2.45, 2.75) is 0 Å². The maximum atomic E-state index is 8.50. The van der Waals surface area contributed by atoms with Gasteiger partial charge in [0.2, 0.25) is 0 Å². The molecule has 0 atom stereocenters. The van der Waals surface area contributed by atoms with E-state index in [4.69, 9.17) is 21.4 Å². The SMILES string of the molecule is OCCOc1cc(Cl)ncc1Br. The molecule has 1 rings (SSSR count). The van der Waals surface area contributed by atoms with Crippen LogP contribution in [-0.2, 0) is 0 Å². The van der Waals surface area contributed by atoms with Gasteiger partial charge in [0, 0.05) is 12.3 Å². The van der Waals surface area contributed by atoms with Crippen molar-refractivity contribution in [3.05, 3.63) is 21.9 Å². The normalized spacial score (nSPS) is 9.92. The number of hydrogen-bond donors (Lipinski definition) is 1. The van der Waals surface area contributed by atoms with E-state index in [1.54, 1.807) is 12.3 Å². The Morgan fingerprint density at radius 3 is 3.08 bits per heavy atom. The predicted molar refractivity (Wildman–Crippen MR) is 49.5 cm³/mol. The highest BCUT2D eigenvalue weighted by Gasteiger charge is 2.01. The van der Waals surface area contributed by atoms with E-state index < -0.39 is 0 Å². The second kappa shape index (κ2) is 4.64. The molecule has 12 heavy (non-hydrogen) atoms. The average Bonchev–Trinajstić information content (AvgIpc) is 2.07. The molecule has 1 aromatic rings. The third-order valence-electron chi connectivity index (χ3n) is 1.14. The van der Waals surface area contributed by atoms with Crippen molar-refractivity contribution in [1.82, 2.24) is 4.98 Å². The fourth-order valence-corrected chi connectivity index (χ4v) is 1.14. The van der Waals surface area contributed by atoms with Gasteiger partial charge >= 0.3 is 0 Å². The standard InChI is InChI=1S/C7H7BrClNO2/c8-5-4-10-7(9)3-6(5)12-2-1-11/h3-4,11H,1-2H2. The summed E-state index contributed by atoms with van der Waals surface area (Å²) in [6.07, 6.45) is 1.55. The molecular weight excluding hydrogens is 245 g/mol. The van der Waals surface area contributed by atoms with Crippen molar-refractivity contribution in [2.24, 2.45) is 0 Å². The number of ether oxygens (including phenoxy) is 1. The van der Waals surface area contributed by atoms with Crippen LogP contribution in [0.25, 0.3) is 0 Å². The number of aliphatic hydroxyl groups excluding tert-OH is 1. The molecule has 0 saturated carbocycles. The molecule has 0 fully saturated rings. The van der Waals surface area contributed by atoms with Gasteiger partial charge in [0.05, 0.1) is 11.1 Å². The van der Waals surface area contributed by atoms with Crippen LogP contribution in [0.2, 0.25) is 5.15 Å². The average molecular weight is 252 g/mol. The van der Waals surface area contributed by atoms with E-state index in [1.807, 2.05) is 0 Å². The van der Waals surface area contributed by atoms with Crippen molar-refractivity contribution in [1.29, 1.82) is 0 Å². The minimum absolute atomic E-state index is 0.0214. The van der Waals surface area contributed by atoms with Gasteiger partial charge in [-0.2, -0.15) is 0 Å². The van der Waals surface area contributed by atoms with Crippen LogP contribution in [0.3, 0.4) is 0 Å². The number of aliphatic hydroxyl groups is 1. The number of nitrogens with zero attached hydrogens (tertiary/aromatic N) is 1. The maximum Gasteiger partial charge on any atom is 0.138 e. The van der Waals surface area contributed by atoms with E-state index in [0.29, 0.717) is 10.9 Å². The zero-order chi connectivity index (χ0) is 8.97. The Bertz CT molecular complexity index is 270. The van der Waals surface area contributed by atoms with Crippen LogP contribution >= 0.6 is 27.5 Å². The first kappa shape index (κ1) is 9.77. The largest absolute Gasteiger partial charge is 0.490 e. The molecule has 0 bridgehead atoms. The Morgan fingerprint density at radius 2 is 2.42 bits per heavy atom. The molecule has 0 aliphatic heterocycles. The monoisotopic (exact) mass is 251 g/mol. The molecule has 0 amide bonds. The van der Waals surface area contributed by atoms with Crippen molar-refractivity contribution in [3.8, 4) is 5.75 Å². The lowest BCUT2D eigenvalue weighted by Crippen LogP contribution is -2.02. The molecule has 0 aliphatic carbocycles. The van der Waals surface area contributed by atoms with Crippen LogP contribution in [0.5, 0.6) is 5.75 Å². The Balaban J connectivity index is 2.75. The summed E-state index contributed by atoms with van der Waals surface area (Å²) < 4.78 is 5.87. The number of aromatic nitrogens is 1. The topological polar surface area (TPSA) is 42.4 Å². The summed E-state index contributed by atoms with van der Waals surface area (Å²) in [6.45, 7) is 0.228. The highest BCUT2D eigenvalue weighted by Crippen LogP contribution is 2.25. The lowest BCUT2D eigenvalue weighted by molar-refractivity contribution is 0.200. The number of halogens is 2. The van der Waals surface area contributed by atoms with Gasteiger partial charge in [0.25, 0.3) is 0 Å². The predicted octanol–water partition coefficient (Wildman–Crippen LogP) is 1.87. The zero-order valence-corrected chi connectivity index (χ0v) is 8.47. The highest BCUT2D eigenvalue weighted by atomic mass is 79.9. The molecule has 0 saturated heterocycles. The van der Waals surface area contributed by atoms with Crippen molar-refractivity contribution < 1.29 is 9.84 Å². The van der Waals surface area contributed by atoms with Gasteiger partial charge in [-0.05, 0) is 15.9 Å². The van der Waals surface area contributed by atoms with E-state index in [-0.39, 0.29) is 13.2 Å². The number of pyridine rings is 1. The summed E-state index contributed by atoms with van der Waals surface area (Å²) in [5.74, 6) is 0.587. The van der Waals surface area contributed by atoms with Crippen LogP contribution in [-0.4, -0.2) is 23.3 Å². The minimum atomic E-state index is -0.0214.